The molecule has 4 rings (SSSR count). The monoisotopic (exact) mass is 458 g/mol. The molecule has 0 spiro atoms. The molecule has 0 N–H and O–H groups in total. The molecular weight excluding hydrogens is 436 g/mol. The maximum atomic E-state index is 8.82. The summed E-state index contributed by atoms with van der Waals surface area (Å²) in [5, 5.41) is 10.4. The van der Waals surface area contributed by atoms with Crippen molar-refractivity contribution in [2.75, 3.05) is 6.61 Å². The second-order valence-corrected chi connectivity index (χ2v) is 7.96. The van der Waals surface area contributed by atoms with Crippen LogP contribution in [-0.4, -0.2) is 11.6 Å². The van der Waals surface area contributed by atoms with E-state index >= 15 is 0 Å². The summed E-state index contributed by atoms with van der Waals surface area (Å²) in [6, 6.07) is 25.2. The van der Waals surface area contributed by atoms with Crippen molar-refractivity contribution in [3.05, 3.63) is 100 Å². The number of nitrogens with zero attached hydrogens (tertiary/aromatic N) is 2. The van der Waals surface area contributed by atoms with E-state index in [1.165, 1.54) is 0 Å². The second kappa shape index (κ2) is 10.8. The molecular formula is C27H23ClN2O3. The third kappa shape index (κ3) is 5.81. The minimum absolute atomic E-state index is 0.00194. The van der Waals surface area contributed by atoms with E-state index in [2.05, 4.69) is 4.98 Å². The van der Waals surface area contributed by atoms with E-state index in [1.54, 1.807) is 0 Å². The van der Waals surface area contributed by atoms with Crippen molar-refractivity contribution < 1.29 is 14.2 Å². The van der Waals surface area contributed by atoms with Gasteiger partial charge in [-0.15, -0.1) is 0 Å². The summed E-state index contributed by atoms with van der Waals surface area (Å²) in [6.45, 7) is 3.07. The van der Waals surface area contributed by atoms with Gasteiger partial charge < -0.3 is 14.2 Å². The highest BCUT2D eigenvalue weighted by Crippen LogP contribution is 2.26. The SMILES string of the molecule is Cc1cccc(COc2cccc(COCc3cc(Cl)c4ccccc4n3)c2)c1OCC#N. The Balaban J connectivity index is 1.36. The van der Waals surface area contributed by atoms with Crippen LogP contribution in [0, 0.1) is 18.3 Å². The van der Waals surface area contributed by atoms with Gasteiger partial charge in [0, 0.05) is 10.9 Å². The highest BCUT2D eigenvalue weighted by Gasteiger charge is 2.09. The lowest BCUT2D eigenvalue weighted by Crippen LogP contribution is -2.03. The lowest BCUT2D eigenvalue weighted by Gasteiger charge is -2.14. The van der Waals surface area contributed by atoms with Crippen LogP contribution in [0.2, 0.25) is 5.02 Å². The summed E-state index contributed by atoms with van der Waals surface area (Å²) in [6.07, 6.45) is 0. The van der Waals surface area contributed by atoms with Crippen molar-refractivity contribution in [3.8, 4) is 17.6 Å². The van der Waals surface area contributed by atoms with Gasteiger partial charge in [0.2, 0.25) is 0 Å². The third-order valence-corrected chi connectivity index (χ3v) is 5.42. The Morgan fingerprint density at radius 3 is 2.64 bits per heavy atom. The molecule has 3 aromatic carbocycles. The first kappa shape index (κ1) is 22.6. The van der Waals surface area contributed by atoms with Gasteiger partial charge in [0.15, 0.2) is 6.61 Å². The molecule has 1 heterocycles. The van der Waals surface area contributed by atoms with Crippen LogP contribution in [0.5, 0.6) is 11.5 Å². The van der Waals surface area contributed by atoms with Crippen molar-refractivity contribution in [1.82, 2.24) is 4.98 Å². The summed E-state index contributed by atoms with van der Waals surface area (Å²) < 4.78 is 17.5. The van der Waals surface area contributed by atoms with Crippen molar-refractivity contribution >= 4 is 22.5 Å². The molecule has 0 aliphatic carbocycles. The number of hydrogen-bond donors (Lipinski definition) is 0. The predicted molar refractivity (Wildman–Crippen MR) is 128 cm³/mol. The van der Waals surface area contributed by atoms with Gasteiger partial charge in [0.1, 0.15) is 24.2 Å². The minimum atomic E-state index is 0.00194. The molecule has 0 amide bonds. The molecule has 0 radical (unpaired) electrons. The van der Waals surface area contributed by atoms with E-state index in [0.717, 1.165) is 39.0 Å². The van der Waals surface area contributed by atoms with Crippen molar-refractivity contribution in [3.63, 3.8) is 0 Å². The average molecular weight is 459 g/mol. The number of nitriles is 1. The first-order chi connectivity index (χ1) is 16.1. The van der Waals surface area contributed by atoms with E-state index in [1.807, 2.05) is 85.8 Å². The zero-order valence-corrected chi connectivity index (χ0v) is 19.0. The Labute approximate surface area is 198 Å². The lowest BCUT2D eigenvalue weighted by atomic mass is 10.1. The smallest absolute Gasteiger partial charge is 0.174 e. The van der Waals surface area contributed by atoms with E-state index in [0.29, 0.717) is 30.6 Å². The normalized spacial score (nSPS) is 10.7. The topological polar surface area (TPSA) is 64.4 Å². The molecule has 1 aromatic heterocycles. The molecule has 0 saturated carbocycles. The van der Waals surface area contributed by atoms with Crippen LogP contribution in [0.25, 0.3) is 10.9 Å². The largest absolute Gasteiger partial charge is 0.489 e. The fraction of sp³-hybridized carbons (Fsp3) is 0.185. The number of pyridine rings is 1. The fourth-order valence-electron chi connectivity index (χ4n) is 3.56. The number of benzene rings is 3. The Hall–Kier alpha value is -3.59. The van der Waals surface area contributed by atoms with Crippen LogP contribution in [0.1, 0.15) is 22.4 Å². The van der Waals surface area contributed by atoms with Crippen LogP contribution in [0.3, 0.4) is 0 Å². The Kier molecular flexibility index (Phi) is 7.41. The van der Waals surface area contributed by atoms with Gasteiger partial charge in [-0.25, -0.2) is 0 Å². The molecule has 4 aromatic rings. The zero-order chi connectivity index (χ0) is 23.0. The number of aromatic nitrogens is 1. The fourth-order valence-corrected chi connectivity index (χ4v) is 3.84. The van der Waals surface area contributed by atoms with Crippen molar-refractivity contribution in [2.24, 2.45) is 0 Å². The quantitative estimate of drug-likeness (QED) is 0.290. The molecule has 6 heteroatoms. The maximum Gasteiger partial charge on any atom is 0.174 e. The Morgan fingerprint density at radius 2 is 1.76 bits per heavy atom. The van der Waals surface area contributed by atoms with Crippen LogP contribution in [0.4, 0.5) is 0 Å². The van der Waals surface area contributed by atoms with Gasteiger partial charge in [-0.3, -0.25) is 4.98 Å². The average Bonchev–Trinajstić information content (AvgIpc) is 2.82. The predicted octanol–water partition coefficient (Wildman–Crippen LogP) is 6.39. The molecule has 166 valence electrons. The molecule has 5 nitrogen and oxygen atoms in total. The molecule has 0 fully saturated rings. The number of fused-ring (bicyclic) bond motifs is 1. The molecule has 0 bridgehead atoms. The highest BCUT2D eigenvalue weighted by atomic mass is 35.5. The van der Waals surface area contributed by atoms with E-state index in [-0.39, 0.29) is 6.61 Å². The van der Waals surface area contributed by atoms with Crippen LogP contribution < -0.4 is 9.47 Å². The second-order valence-electron chi connectivity index (χ2n) is 7.55. The van der Waals surface area contributed by atoms with Gasteiger partial charge in [-0.05, 0) is 42.3 Å². The van der Waals surface area contributed by atoms with Gasteiger partial charge in [0.05, 0.1) is 29.4 Å². The first-order valence-corrected chi connectivity index (χ1v) is 10.9. The number of halogens is 1. The number of hydrogen-bond acceptors (Lipinski definition) is 5. The summed E-state index contributed by atoms with van der Waals surface area (Å²) >= 11 is 6.38. The van der Waals surface area contributed by atoms with Crippen LogP contribution in [0.15, 0.2) is 72.8 Å². The molecule has 0 aliphatic rings. The highest BCUT2D eigenvalue weighted by molar-refractivity contribution is 6.35. The van der Waals surface area contributed by atoms with Gasteiger partial charge in [0.25, 0.3) is 0 Å². The third-order valence-electron chi connectivity index (χ3n) is 5.10. The summed E-state index contributed by atoms with van der Waals surface area (Å²) in [4.78, 5) is 4.62. The van der Waals surface area contributed by atoms with E-state index in [9.17, 15) is 0 Å². The minimum Gasteiger partial charge on any atom is -0.489 e. The first-order valence-electron chi connectivity index (χ1n) is 10.6. The van der Waals surface area contributed by atoms with Crippen LogP contribution >= 0.6 is 11.6 Å². The summed E-state index contributed by atoms with van der Waals surface area (Å²) in [5.41, 5.74) is 4.50. The standard InChI is InChI=1S/C27H23ClN2O3/c1-19-6-4-8-21(27(19)32-13-12-29)17-33-23-9-5-7-20(14-23)16-31-18-22-15-25(28)24-10-2-3-11-26(24)30-22/h2-11,14-15H,13,16-18H2,1H3. The number of ether oxygens (including phenoxy) is 3. The van der Waals surface area contributed by atoms with Crippen molar-refractivity contribution in [1.29, 1.82) is 5.26 Å². The maximum absolute atomic E-state index is 8.82. The van der Waals surface area contributed by atoms with E-state index < -0.39 is 0 Å². The van der Waals surface area contributed by atoms with Gasteiger partial charge >= 0.3 is 0 Å². The lowest BCUT2D eigenvalue weighted by molar-refractivity contribution is 0.104. The molecule has 0 atom stereocenters. The molecule has 0 saturated heterocycles. The van der Waals surface area contributed by atoms with Crippen LogP contribution in [-0.2, 0) is 24.6 Å². The number of para-hydroxylation sites is 2. The van der Waals surface area contributed by atoms with Crippen molar-refractivity contribution in [2.45, 2.75) is 26.7 Å². The molecule has 33 heavy (non-hydrogen) atoms. The van der Waals surface area contributed by atoms with Gasteiger partial charge in [-0.1, -0.05) is 60.1 Å². The Morgan fingerprint density at radius 1 is 0.909 bits per heavy atom. The zero-order valence-electron chi connectivity index (χ0n) is 18.3. The number of rotatable bonds is 9. The summed E-state index contributed by atoms with van der Waals surface area (Å²) in [5.74, 6) is 1.43. The summed E-state index contributed by atoms with van der Waals surface area (Å²) in [7, 11) is 0. The number of aryl methyl sites for hydroxylation is 1. The van der Waals surface area contributed by atoms with Gasteiger partial charge in [-0.2, -0.15) is 5.26 Å². The molecule has 0 aliphatic heterocycles. The molecule has 0 unspecified atom stereocenters. The Bertz CT molecular complexity index is 1300. The van der Waals surface area contributed by atoms with E-state index in [4.69, 9.17) is 31.1 Å².